The first-order valence-electron chi connectivity index (χ1n) is 5.89. The zero-order valence-electron chi connectivity index (χ0n) is 10.4. The molecule has 0 aromatic heterocycles. The minimum Gasteiger partial charge on any atom is -0.459 e. The van der Waals surface area contributed by atoms with Crippen molar-refractivity contribution in [3.8, 4) is 0 Å². The van der Waals surface area contributed by atoms with Gasteiger partial charge in [-0.05, 0) is 24.1 Å². The van der Waals surface area contributed by atoms with Gasteiger partial charge in [0.05, 0.1) is 6.61 Å². The Morgan fingerprint density at radius 1 is 1.50 bits per heavy atom. The fourth-order valence-corrected chi connectivity index (χ4v) is 1.57. The van der Waals surface area contributed by atoms with Gasteiger partial charge < -0.3 is 9.47 Å². The van der Waals surface area contributed by atoms with Crippen LogP contribution in [0.1, 0.15) is 18.1 Å². The Morgan fingerprint density at radius 3 is 2.78 bits per heavy atom. The van der Waals surface area contributed by atoms with Crippen LogP contribution < -0.4 is 0 Å². The van der Waals surface area contributed by atoms with Crippen molar-refractivity contribution in [3.05, 3.63) is 47.5 Å². The zero-order chi connectivity index (χ0) is 13.0. The molecule has 0 radical (unpaired) electrons. The molecule has 0 bridgehead atoms. The maximum Gasteiger partial charge on any atom is 0.333 e. The van der Waals surface area contributed by atoms with Crippen molar-refractivity contribution in [2.75, 3.05) is 13.2 Å². The molecule has 1 aromatic rings. The van der Waals surface area contributed by atoms with E-state index in [-0.39, 0.29) is 12.1 Å². The van der Waals surface area contributed by atoms with Crippen molar-refractivity contribution < 1.29 is 14.3 Å². The highest BCUT2D eigenvalue weighted by atomic mass is 16.6. The Bertz CT molecular complexity index is 484. The molecule has 1 heterocycles. The molecule has 3 heteroatoms. The summed E-state index contributed by atoms with van der Waals surface area (Å²) in [4.78, 5) is 11.7. The minimum atomic E-state index is -0.302. The summed E-state index contributed by atoms with van der Waals surface area (Å²) in [5.41, 5.74) is 2.53. The molecule has 3 nitrogen and oxygen atoms in total. The molecule has 0 saturated carbocycles. The molecule has 0 amide bonds. The van der Waals surface area contributed by atoms with E-state index in [0.717, 1.165) is 11.1 Å². The van der Waals surface area contributed by atoms with Gasteiger partial charge in [0, 0.05) is 5.57 Å². The number of benzene rings is 1. The van der Waals surface area contributed by atoms with E-state index in [0.29, 0.717) is 18.8 Å². The van der Waals surface area contributed by atoms with Crippen molar-refractivity contribution in [2.45, 2.75) is 13.0 Å². The normalized spacial score (nSPS) is 18.3. The summed E-state index contributed by atoms with van der Waals surface area (Å²) in [6.07, 6.45) is 3.68. The van der Waals surface area contributed by atoms with Gasteiger partial charge in [-0.3, -0.25) is 0 Å². The van der Waals surface area contributed by atoms with Crippen LogP contribution in [0.4, 0.5) is 0 Å². The van der Waals surface area contributed by atoms with Gasteiger partial charge in [-0.15, -0.1) is 0 Å². The van der Waals surface area contributed by atoms with E-state index in [9.17, 15) is 4.79 Å². The molecule has 1 aliphatic rings. The largest absolute Gasteiger partial charge is 0.459 e. The maximum atomic E-state index is 11.7. The summed E-state index contributed by atoms with van der Waals surface area (Å²) >= 11 is 0. The van der Waals surface area contributed by atoms with Crippen LogP contribution in [0.3, 0.4) is 0 Å². The number of hydrogen-bond acceptors (Lipinski definition) is 3. The Labute approximate surface area is 107 Å². The predicted molar refractivity (Wildman–Crippen MR) is 70.9 cm³/mol. The van der Waals surface area contributed by atoms with Crippen LogP contribution in [0.15, 0.2) is 36.4 Å². The highest BCUT2D eigenvalue weighted by Crippen LogP contribution is 2.15. The molecule has 18 heavy (non-hydrogen) atoms. The third kappa shape index (κ3) is 3.31. The van der Waals surface area contributed by atoms with Crippen LogP contribution in [0, 0.1) is 0 Å². The SMILES string of the molecule is C=Cc1ccccc1/C=C(\C)C(=O)OCC1CO1. The van der Waals surface area contributed by atoms with E-state index in [1.807, 2.05) is 30.3 Å². The first-order chi connectivity index (χ1) is 8.70. The topological polar surface area (TPSA) is 38.8 Å². The number of hydrogen-bond donors (Lipinski definition) is 0. The molecule has 1 saturated heterocycles. The number of esters is 1. The van der Waals surface area contributed by atoms with Crippen molar-refractivity contribution >= 4 is 18.1 Å². The first-order valence-corrected chi connectivity index (χ1v) is 5.89. The lowest BCUT2D eigenvalue weighted by Gasteiger charge is -2.04. The van der Waals surface area contributed by atoms with Crippen LogP contribution in [-0.4, -0.2) is 25.3 Å². The van der Waals surface area contributed by atoms with Crippen LogP contribution in [0.2, 0.25) is 0 Å². The van der Waals surface area contributed by atoms with E-state index < -0.39 is 0 Å². The van der Waals surface area contributed by atoms with Gasteiger partial charge in [0.2, 0.25) is 0 Å². The van der Waals surface area contributed by atoms with Crippen molar-refractivity contribution in [3.63, 3.8) is 0 Å². The lowest BCUT2D eigenvalue weighted by molar-refractivity contribution is -0.139. The van der Waals surface area contributed by atoms with Crippen LogP contribution in [0.25, 0.3) is 12.2 Å². The molecule has 0 aliphatic carbocycles. The van der Waals surface area contributed by atoms with Crippen molar-refractivity contribution in [1.29, 1.82) is 0 Å². The van der Waals surface area contributed by atoms with Gasteiger partial charge >= 0.3 is 5.97 Å². The van der Waals surface area contributed by atoms with E-state index in [1.165, 1.54) is 0 Å². The van der Waals surface area contributed by atoms with Crippen molar-refractivity contribution in [1.82, 2.24) is 0 Å². The first kappa shape index (κ1) is 12.6. The van der Waals surface area contributed by atoms with Gasteiger partial charge in [-0.2, -0.15) is 0 Å². The lowest BCUT2D eigenvalue weighted by Crippen LogP contribution is -2.10. The van der Waals surface area contributed by atoms with E-state index in [1.54, 1.807) is 13.0 Å². The molecule has 1 aliphatic heterocycles. The lowest BCUT2D eigenvalue weighted by atomic mass is 10.1. The highest BCUT2D eigenvalue weighted by molar-refractivity contribution is 5.93. The molecule has 1 aromatic carbocycles. The Hall–Kier alpha value is -1.87. The van der Waals surface area contributed by atoms with E-state index in [4.69, 9.17) is 9.47 Å². The van der Waals surface area contributed by atoms with Crippen molar-refractivity contribution in [2.24, 2.45) is 0 Å². The average molecular weight is 244 g/mol. The van der Waals surface area contributed by atoms with Crippen LogP contribution in [-0.2, 0) is 14.3 Å². The minimum absolute atomic E-state index is 0.0993. The highest BCUT2D eigenvalue weighted by Gasteiger charge is 2.24. The van der Waals surface area contributed by atoms with Crippen LogP contribution in [0.5, 0.6) is 0 Å². The molecular weight excluding hydrogens is 228 g/mol. The van der Waals surface area contributed by atoms with Gasteiger partial charge in [-0.25, -0.2) is 4.79 Å². The molecular formula is C15H16O3. The third-order valence-corrected chi connectivity index (χ3v) is 2.71. The molecule has 0 N–H and O–H groups in total. The second-order valence-electron chi connectivity index (χ2n) is 4.21. The predicted octanol–water partition coefficient (Wildman–Crippen LogP) is 2.67. The molecule has 94 valence electrons. The Morgan fingerprint density at radius 2 is 2.17 bits per heavy atom. The summed E-state index contributed by atoms with van der Waals surface area (Å²) in [7, 11) is 0. The summed E-state index contributed by atoms with van der Waals surface area (Å²) in [5, 5.41) is 0. The second-order valence-corrected chi connectivity index (χ2v) is 4.21. The fraction of sp³-hybridized carbons (Fsp3) is 0.267. The zero-order valence-corrected chi connectivity index (χ0v) is 10.4. The molecule has 1 atom stereocenters. The maximum absolute atomic E-state index is 11.7. The summed E-state index contributed by atoms with van der Waals surface area (Å²) in [6.45, 7) is 6.53. The van der Waals surface area contributed by atoms with Crippen LogP contribution >= 0.6 is 0 Å². The Balaban J connectivity index is 2.05. The number of epoxide rings is 1. The smallest absolute Gasteiger partial charge is 0.333 e. The monoisotopic (exact) mass is 244 g/mol. The van der Waals surface area contributed by atoms with Gasteiger partial charge in [-0.1, -0.05) is 36.9 Å². The standard InChI is InChI=1S/C15H16O3/c1-3-12-6-4-5-7-13(12)8-11(2)15(16)18-10-14-9-17-14/h3-8,14H,1,9-10H2,2H3/b11-8+. The second kappa shape index (κ2) is 5.65. The summed E-state index contributed by atoms with van der Waals surface area (Å²) in [5.74, 6) is -0.302. The van der Waals surface area contributed by atoms with E-state index in [2.05, 4.69) is 6.58 Å². The molecule has 2 rings (SSSR count). The molecule has 1 unspecified atom stereocenters. The Kier molecular flexibility index (Phi) is 3.95. The molecule has 0 spiro atoms. The number of carbonyl (C=O) groups is 1. The fourth-order valence-electron chi connectivity index (χ4n) is 1.57. The molecule has 1 fully saturated rings. The van der Waals surface area contributed by atoms with E-state index >= 15 is 0 Å². The van der Waals surface area contributed by atoms with Gasteiger partial charge in [0.25, 0.3) is 0 Å². The quantitative estimate of drug-likeness (QED) is 0.454. The van der Waals surface area contributed by atoms with Gasteiger partial charge in [0.15, 0.2) is 0 Å². The van der Waals surface area contributed by atoms with Gasteiger partial charge in [0.1, 0.15) is 12.7 Å². The number of rotatable bonds is 5. The summed E-state index contributed by atoms with van der Waals surface area (Å²) < 4.78 is 10.1. The number of ether oxygens (including phenoxy) is 2. The number of carbonyl (C=O) groups excluding carboxylic acids is 1. The summed E-state index contributed by atoms with van der Waals surface area (Å²) in [6, 6.07) is 7.76. The average Bonchev–Trinajstić information content (AvgIpc) is 3.20. The third-order valence-electron chi connectivity index (χ3n) is 2.71.